The second kappa shape index (κ2) is 6.06. The fourth-order valence-electron chi connectivity index (χ4n) is 1.65. The molecule has 0 atom stereocenters. The molecular formula is C13H11BrN2O2S2. The molecule has 7 heteroatoms. The number of nitriles is 1. The first-order valence-corrected chi connectivity index (χ1v) is 8.69. The molecule has 1 aromatic heterocycles. The zero-order valence-electron chi connectivity index (χ0n) is 10.6. The van der Waals surface area contributed by atoms with E-state index in [4.69, 9.17) is 5.26 Å². The molecule has 0 aliphatic heterocycles. The molecule has 0 radical (unpaired) electrons. The highest BCUT2D eigenvalue weighted by atomic mass is 79.9. The summed E-state index contributed by atoms with van der Waals surface area (Å²) in [5.41, 5.74) is 0.891. The van der Waals surface area contributed by atoms with E-state index in [2.05, 4.69) is 15.9 Å². The summed E-state index contributed by atoms with van der Waals surface area (Å²) in [6.45, 7) is 0.279. The molecule has 2 rings (SSSR count). The van der Waals surface area contributed by atoms with Crippen LogP contribution in [0.5, 0.6) is 0 Å². The molecule has 0 aliphatic carbocycles. The molecule has 0 saturated heterocycles. The van der Waals surface area contributed by atoms with Gasteiger partial charge in [0.1, 0.15) is 15.2 Å². The second-order valence-corrected chi connectivity index (χ2v) is 8.39. The van der Waals surface area contributed by atoms with Crippen molar-refractivity contribution in [2.45, 2.75) is 10.8 Å². The first-order valence-electron chi connectivity index (χ1n) is 5.64. The normalized spacial score (nSPS) is 11.5. The topological polar surface area (TPSA) is 61.2 Å². The van der Waals surface area contributed by atoms with Gasteiger partial charge in [0.05, 0.1) is 0 Å². The summed E-state index contributed by atoms with van der Waals surface area (Å²) < 4.78 is 27.1. The maximum atomic E-state index is 12.4. The third-order valence-electron chi connectivity index (χ3n) is 2.65. The Labute approximate surface area is 130 Å². The number of hydrogen-bond acceptors (Lipinski definition) is 4. The number of rotatable bonds is 4. The molecule has 1 aromatic carbocycles. The third-order valence-corrected chi connectivity index (χ3v) is 6.40. The Balaban J connectivity index is 2.23. The van der Waals surface area contributed by atoms with Crippen LogP contribution in [-0.4, -0.2) is 19.8 Å². The fraction of sp³-hybridized carbons (Fsp3) is 0.154. The summed E-state index contributed by atoms with van der Waals surface area (Å²) in [5.74, 6) is 0. The number of hydrogen-bond donors (Lipinski definition) is 0. The van der Waals surface area contributed by atoms with Crippen LogP contribution in [0.2, 0.25) is 0 Å². The molecule has 0 fully saturated rings. The van der Waals surface area contributed by atoms with Crippen LogP contribution < -0.4 is 0 Å². The van der Waals surface area contributed by atoms with Crippen molar-refractivity contribution < 1.29 is 8.42 Å². The van der Waals surface area contributed by atoms with Crippen molar-refractivity contribution >= 4 is 37.3 Å². The lowest BCUT2D eigenvalue weighted by Gasteiger charge is -2.16. The van der Waals surface area contributed by atoms with E-state index in [9.17, 15) is 8.42 Å². The van der Waals surface area contributed by atoms with E-state index in [1.54, 1.807) is 0 Å². The molecule has 0 unspecified atom stereocenters. The van der Waals surface area contributed by atoms with Crippen molar-refractivity contribution in [3.63, 3.8) is 0 Å². The van der Waals surface area contributed by atoms with Crippen LogP contribution in [-0.2, 0) is 16.6 Å². The zero-order chi connectivity index (χ0) is 14.8. The van der Waals surface area contributed by atoms with E-state index in [0.29, 0.717) is 4.88 Å². The van der Waals surface area contributed by atoms with Crippen LogP contribution in [0.15, 0.2) is 45.1 Å². The van der Waals surface area contributed by atoms with Gasteiger partial charge in [-0.15, -0.1) is 11.3 Å². The Morgan fingerprint density at radius 2 is 2.10 bits per heavy atom. The van der Waals surface area contributed by atoms with Crippen LogP contribution in [0.1, 0.15) is 10.4 Å². The highest BCUT2D eigenvalue weighted by molar-refractivity contribution is 9.10. The van der Waals surface area contributed by atoms with Crippen molar-refractivity contribution in [3.05, 3.63) is 51.3 Å². The minimum atomic E-state index is -3.55. The van der Waals surface area contributed by atoms with Gasteiger partial charge in [-0.05, 0) is 29.8 Å². The largest absolute Gasteiger partial charge is 0.252 e. The van der Waals surface area contributed by atoms with Crippen molar-refractivity contribution in [2.75, 3.05) is 7.05 Å². The molecule has 104 valence electrons. The molecule has 0 amide bonds. The highest BCUT2D eigenvalue weighted by Crippen LogP contribution is 2.25. The summed E-state index contributed by atoms with van der Waals surface area (Å²) in [4.78, 5) is 0.388. The average molecular weight is 371 g/mol. The van der Waals surface area contributed by atoms with Gasteiger partial charge in [-0.1, -0.05) is 28.1 Å². The van der Waals surface area contributed by atoms with Crippen LogP contribution in [0, 0.1) is 11.3 Å². The van der Waals surface area contributed by atoms with Gasteiger partial charge in [-0.3, -0.25) is 0 Å². The second-order valence-electron chi connectivity index (χ2n) is 4.12. The van der Waals surface area contributed by atoms with Gasteiger partial charge in [0.15, 0.2) is 0 Å². The molecule has 4 nitrogen and oxygen atoms in total. The van der Waals surface area contributed by atoms with Crippen LogP contribution in [0.3, 0.4) is 0 Å². The Kier molecular flexibility index (Phi) is 4.60. The van der Waals surface area contributed by atoms with E-state index in [1.165, 1.54) is 23.5 Å². The molecule has 0 N–H and O–H groups in total. The molecule has 0 aliphatic rings. The Morgan fingerprint density at radius 1 is 1.35 bits per heavy atom. The quantitative estimate of drug-likeness (QED) is 0.829. The lowest BCUT2D eigenvalue weighted by atomic mass is 10.2. The Morgan fingerprint density at radius 3 is 2.70 bits per heavy atom. The first-order chi connectivity index (χ1) is 9.43. The van der Waals surface area contributed by atoms with Crippen molar-refractivity contribution in [3.8, 4) is 6.07 Å². The summed E-state index contributed by atoms with van der Waals surface area (Å²) in [6.07, 6.45) is 0. The highest BCUT2D eigenvalue weighted by Gasteiger charge is 2.23. The average Bonchev–Trinajstić information content (AvgIpc) is 2.88. The minimum absolute atomic E-state index is 0.187. The van der Waals surface area contributed by atoms with E-state index < -0.39 is 10.0 Å². The number of halogens is 1. The fourth-order valence-corrected chi connectivity index (χ4v) is 4.57. The summed E-state index contributed by atoms with van der Waals surface area (Å²) in [5, 5.41) is 8.77. The zero-order valence-corrected chi connectivity index (χ0v) is 13.8. The monoisotopic (exact) mass is 370 g/mol. The van der Waals surface area contributed by atoms with E-state index >= 15 is 0 Å². The van der Waals surface area contributed by atoms with Gasteiger partial charge in [0.25, 0.3) is 10.0 Å². The molecule has 2 aromatic rings. The smallest absolute Gasteiger partial charge is 0.206 e. The Hall–Kier alpha value is -1.20. The van der Waals surface area contributed by atoms with Crippen molar-refractivity contribution in [1.82, 2.24) is 4.31 Å². The van der Waals surface area contributed by atoms with Crippen LogP contribution >= 0.6 is 27.3 Å². The number of benzene rings is 1. The number of thiophene rings is 1. The third kappa shape index (κ3) is 3.27. The van der Waals surface area contributed by atoms with Gasteiger partial charge < -0.3 is 0 Å². The summed E-state index contributed by atoms with van der Waals surface area (Å²) in [6, 6.07) is 12.4. The molecular weight excluding hydrogens is 360 g/mol. The van der Waals surface area contributed by atoms with Gasteiger partial charge in [0.2, 0.25) is 0 Å². The van der Waals surface area contributed by atoms with E-state index in [-0.39, 0.29) is 10.8 Å². The summed E-state index contributed by atoms with van der Waals surface area (Å²) >= 11 is 4.34. The van der Waals surface area contributed by atoms with Gasteiger partial charge in [-0.25, -0.2) is 8.42 Å². The Bertz CT molecular complexity index is 763. The van der Waals surface area contributed by atoms with E-state index in [1.807, 2.05) is 30.3 Å². The number of sulfonamides is 1. The van der Waals surface area contributed by atoms with Crippen molar-refractivity contribution in [2.24, 2.45) is 0 Å². The predicted molar refractivity (Wildman–Crippen MR) is 81.8 cm³/mol. The molecule has 0 spiro atoms. The molecule has 1 heterocycles. The first kappa shape index (κ1) is 15.2. The molecule has 0 bridgehead atoms. The van der Waals surface area contributed by atoms with Gasteiger partial charge >= 0.3 is 0 Å². The standard InChI is InChI=1S/C13H11BrN2O2S2/c1-16(9-10-3-2-4-11(14)7-10)20(17,18)13-6-5-12(8-15)19-13/h2-7H,9H2,1H3. The van der Waals surface area contributed by atoms with Crippen LogP contribution in [0.4, 0.5) is 0 Å². The lowest BCUT2D eigenvalue weighted by molar-refractivity contribution is 0.468. The maximum Gasteiger partial charge on any atom is 0.252 e. The molecule has 0 saturated carbocycles. The van der Waals surface area contributed by atoms with Crippen LogP contribution in [0.25, 0.3) is 0 Å². The SMILES string of the molecule is CN(Cc1cccc(Br)c1)S(=O)(=O)c1ccc(C#N)s1. The van der Waals surface area contributed by atoms with Crippen molar-refractivity contribution in [1.29, 1.82) is 5.26 Å². The minimum Gasteiger partial charge on any atom is -0.206 e. The van der Waals surface area contributed by atoms with Gasteiger partial charge in [0, 0.05) is 18.1 Å². The summed E-state index contributed by atoms with van der Waals surface area (Å²) in [7, 11) is -2.02. The lowest BCUT2D eigenvalue weighted by Crippen LogP contribution is -2.25. The molecule has 20 heavy (non-hydrogen) atoms. The maximum absolute atomic E-state index is 12.4. The predicted octanol–water partition coefficient (Wildman–Crippen LogP) is 3.20. The number of nitrogens with zero attached hydrogens (tertiary/aromatic N) is 2. The van der Waals surface area contributed by atoms with E-state index in [0.717, 1.165) is 21.4 Å². The van der Waals surface area contributed by atoms with Gasteiger partial charge in [-0.2, -0.15) is 9.57 Å².